The topological polar surface area (TPSA) is 52.6 Å². The highest BCUT2D eigenvalue weighted by molar-refractivity contribution is 6.27. The van der Waals surface area contributed by atoms with Gasteiger partial charge in [0.05, 0.1) is 0 Å². The Kier molecular flexibility index (Phi) is 17.9. The van der Waals surface area contributed by atoms with E-state index >= 15 is 0 Å². The molecule has 0 bridgehead atoms. The Morgan fingerprint density at radius 3 is 1.16 bits per heavy atom. The Balaban J connectivity index is 1.66. The normalized spacial score (nSPS) is 12.7. The fourth-order valence-electron chi connectivity index (χ4n) is 9.66. The molecule has 0 aromatic heterocycles. The minimum absolute atomic E-state index is 0.176. The molecule has 330 valence electrons. The second-order valence-corrected chi connectivity index (χ2v) is 18.1. The van der Waals surface area contributed by atoms with E-state index in [1.165, 1.54) is 49.7 Å². The van der Waals surface area contributed by atoms with Gasteiger partial charge in [0.25, 0.3) is 0 Å². The molecular formula is C58H74O4. The minimum atomic E-state index is -0.176. The molecule has 0 fully saturated rings. The van der Waals surface area contributed by atoms with Gasteiger partial charge in [0.15, 0.2) is 0 Å². The molecule has 0 radical (unpaired) electrons. The van der Waals surface area contributed by atoms with Gasteiger partial charge in [0, 0.05) is 34.4 Å². The Labute approximate surface area is 373 Å². The minimum Gasteiger partial charge on any atom is -0.425 e. The zero-order valence-electron chi connectivity index (χ0n) is 39.0. The lowest BCUT2D eigenvalue weighted by molar-refractivity contribution is -0.135. The van der Waals surface area contributed by atoms with Crippen molar-refractivity contribution in [2.45, 2.75) is 170 Å². The van der Waals surface area contributed by atoms with Crippen molar-refractivity contribution in [3.63, 3.8) is 0 Å². The lowest BCUT2D eigenvalue weighted by Gasteiger charge is -2.23. The Hall–Kier alpha value is -4.70. The molecule has 2 unspecified atom stereocenters. The first-order valence-electron chi connectivity index (χ1n) is 24.7. The summed E-state index contributed by atoms with van der Waals surface area (Å²) in [4.78, 5) is 27.4. The van der Waals surface area contributed by atoms with Crippen molar-refractivity contribution >= 4 is 55.0 Å². The van der Waals surface area contributed by atoms with Gasteiger partial charge in [-0.15, -0.1) is 0 Å². The molecule has 6 rings (SSSR count). The molecule has 2 atom stereocenters. The molecule has 0 aliphatic rings. The second-order valence-electron chi connectivity index (χ2n) is 18.1. The van der Waals surface area contributed by atoms with E-state index in [0.29, 0.717) is 36.2 Å². The van der Waals surface area contributed by atoms with E-state index in [4.69, 9.17) is 9.47 Å². The smallest absolute Gasteiger partial charge is 0.311 e. The highest BCUT2D eigenvalue weighted by atomic mass is 16.5. The van der Waals surface area contributed by atoms with Crippen LogP contribution in [0.3, 0.4) is 0 Å². The quantitative estimate of drug-likeness (QED) is 0.0249. The molecule has 6 aromatic carbocycles. The van der Waals surface area contributed by atoms with Crippen molar-refractivity contribution in [2.24, 2.45) is 11.8 Å². The van der Waals surface area contributed by atoms with E-state index in [9.17, 15) is 9.59 Å². The number of fused-ring (bicyclic) bond motifs is 4. The number of carbonyl (C=O) groups is 2. The number of hydrogen-bond donors (Lipinski definition) is 0. The maximum atomic E-state index is 13.7. The summed E-state index contributed by atoms with van der Waals surface area (Å²) >= 11 is 0. The van der Waals surface area contributed by atoms with Crippen LogP contribution < -0.4 is 9.47 Å². The van der Waals surface area contributed by atoms with Crippen LogP contribution in [0.4, 0.5) is 0 Å². The predicted molar refractivity (Wildman–Crippen MR) is 265 cm³/mol. The first-order valence-corrected chi connectivity index (χ1v) is 24.7. The van der Waals surface area contributed by atoms with E-state index < -0.39 is 0 Å². The molecule has 0 aliphatic heterocycles. The summed E-state index contributed by atoms with van der Waals surface area (Å²) in [5, 5.41) is 8.05. The van der Waals surface area contributed by atoms with Crippen LogP contribution in [0.1, 0.15) is 168 Å². The molecule has 6 aromatic rings. The molecule has 62 heavy (non-hydrogen) atoms. The molecule has 0 heterocycles. The Morgan fingerprint density at radius 2 is 0.790 bits per heavy atom. The van der Waals surface area contributed by atoms with E-state index in [0.717, 1.165) is 131 Å². The molecule has 0 aliphatic carbocycles. The average Bonchev–Trinajstić information content (AvgIpc) is 3.29. The summed E-state index contributed by atoms with van der Waals surface area (Å²) in [6.45, 7) is 13.6. The standard InChI is InChI=1S/C58H74O4/c1-7-13-17-19-31-53(59)61-57-47-29-23-21-27-45(47)55(51-39-43(33-35-49(51)57)37-41(11-5)25-15-9-3)56-46-28-22-24-30-48(46)58(62-54(60)32-20-18-14-8-2)50-36-34-44(40-52(50)56)38-42(12-6)26-16-10-4/h21-24,27-30,33-36,39-42H,7-20,25-26,31-32,37-38H2,1-6H3. The molecule has 0 N–H and O–H groups in total. The zero-order chi connectivity index (χ0) is 43.8. The Bertz CT molecular complexity index is 2240. The van der Waals surface area contributed by atoms with Crippen molar-refractivity contribution in [1.29, 1.82) is 0 Å². The van der Waals surface area contributed by atoms with E-state index in [2.05, 4.69) is 126 Å². The third-order valence-electron chi connectivity index (χ3n) is 13.4. The van der Waals surface area contributed by atoms with Crippen molar-refractivity contribution in [1.82, 2.24) is 0 Å². The van der Waals surface area contributed by atoms with Crippen molar-refractivity contribution in [3.8, 4) is 22.6 Å². The Morgan fingerprint density at radius 1 is 0.419 bits per heavy atom. The third kappa shape index (κ3) is 11.5. The summed E-state index contributed by atoms with van der Waals surface area (Å²) < 4.78 is 13.0. The molecular weight excluding hydrogens is 761 g/mol. The number of esters is 2. The largest absolute Gasteiger partial charge is 0.425 e. The van der Waals surface area contributed by atoms with Crippen molar-refractivity contribution < 1.29 is 19.1 Å². The highest BCUT2D eigenvalue weighted by Crippen LogP contribution is 2.50. The first-order chi connectivity index (χ1) is 30.3. The number of hydrogen-bond acceptors (Lipinski definition) is 4. The fourth-order valence-corrected chi connectivity index (χ4v) is 9.66. The molecule has 0 saturated heterocycles. The van der Waals surface area contributed by atoms with Crippen molar-refractivity contribution in [2.75, 3.05) is 0 Å². The van der Waals surface area contributed by atoms with Gasteiger partial charge in [-0.3, -0.25) is 9.59 Å². The van der Waals surface area contributed by atoms with Gasteiger partial charge in [-0.2, -0.15) is 0 Å². The summed E-state index contributed by atoms with van der Waals surface area (Å²) in [7, 11) is 0. The molecule has 0 spiro atoms. The van der Waals surface area contributed by atoms with Crippen LogP contribution in [0.5, 0.6) is 11.5 Å². The zero-order valence-corrected chi connectivity index (χ0v) is 39.0. The number of ether oxygens (including phenoxy) is 2. The number of benzene rings is 6. The van der Waals surface area contributed by atoms with Gasteiger partial charge in [0.2, 0.25) is 0 Å². The van der Waals surface area contributed by atoms with E-state index in [-0.39, 0.29) is 11.9 Å². The van der Waals surface area contributed by atoms with Gasteiger partial charge >= 0.3 is 11.9 Å². The number of carbonyl (C=O) groups excluding carboxylic acids is 2. The van der Waals surface area contributed by atoms with Gasteiger partial charge in [0.1, 0.15) is 11.5 Å². The summed E-state index contributed by atoms with van der Waals surface area (Å²) in [5.74, 6) is 2.13. The molecule has 0 saturated carbocycles. The van der Waals surface area contributed by atoms with Crippen LogP contribution in [-0.4, -0.2) is 11.9 Å². The lowest BCUT2D eigenvalue weighted by atomic mass is 9.83. The van der Waals surface area contributed by atoms with Gasteiger partial charge in [-0.05, 0) is 81.3 Å². The highest BCUT2D eigenvalue weighted by Gasteiger charge is 2.25. The molecule has 4 heteroatoms. The number of rotatable bonds is 25. The van der Waals surface area contributed by atoms with E-state index in [1.54, 1.807) is 0 Å². The predicted octanol–water partition coefficient (Wildman–Crippen LogP) is 17.2. The third-order valence-corrected chi connectivity index (χ3v) is 13.4. The molecule has 4 nitrogen and oxygen atoms in total. The van der Waals surface area contributed by atoms with Crippen LogP contribution in [0.2, 0.25) is 0 Å². The SMILES string of the molecule is CCCCCCC(=O)Oc1c2ccccc2c(-c2c3ccccc3c(OC(=O)CCCCCC)c3ccc(CC(CC)CCCC)cc23)c2cc(CC(CC)CCCC)ccc12. The average molecular weight is 835 g/mol. The van der Waals surface area contributed by atoms with Crippen LogP contribution in [0, 0.1) is 11.8 Å². The summed E-state index contributed by atoms with van der Waals surface area (Å²) in [6.07, 6.45) is 20.5. The van der Waals surface area contributed by atoms with Crippen LogP contribution in [-0.2, 0) is 22.4 Å². The van der Waals surface area contributed by atoms with Crippen LogP contribution >= 0.6 is 0 Å². The van der Waals surface area contributed by atoms with Gasteiger partial charge in [-0.1, -0.05) is 216 Å². The van der Waals surface area contributed by atoms with Gasteiger partial charge < -0.3 is 9.47 Å². The fraction of sp³-hybridized carbons (Fsp3) is 0.483. The first kappa shape index (κ1) is 46.8. The van der Waals surface area contributed by atoms with Crippen molar-refractivity contribution in [3.05, 3.63) is 96.1 Å². The van der Waals surface area contributed by atoms with Gasteiger partial charge in [-0.25, -0.2) is 0 Å². The lowest BCUT2D eigenvalue weighted by Crippen LogP contribution is -2.09. The maximum Gasteiger partial charge on any atom is 0.311 e. The molecule has 0 amide bonds. The maximum absolute atomic E-state index is 13.7. The summed E-state index contributed by atoms with van der Waals surface area (Å²) in [6, 6.07) is 30.8. The van der Waals surface area contributed by atoms with Crippen LogP contribution in [0.15, 0.2) is 84.9 Å². The summed E-state index contributed by atoms with van der Waals surface area (Å²) in [5.41, 5.74) is 4.88. The van der Waals surface area contributed by atoms with E-state index in [1.807, 2.05) is 0 Å². The number of unbranched alkanes of at least 4 members (excludes halogenated alkanes) is 8. The van der Waals surface area contributed by atoms with Crippen LogP contribution in [0.25, 0.3) is 54.2 Å². The monoisotopic (exact) mass is 835 g/mol. The second kappa shape index (κ2) is 23.7.